The van der Waals surface area contributed by atoms with Crippen molar-refractivity contribution in [1.82, 2.24) is 0 Å². The molecule has 4 rings (SSSR count). The van der Waals surface area contributed by atoms with Crippen LogP contribution in [0.3, 0.4) is 0 Å². The van der Waals surface area contributed by atoms with Gasteiger partial charge in [0.1, 0.15) is 11.5 Å². The molecular formula is C32H50N2O2. The van der Waals surface area contributed by atoms with Gasteiger partial charge in [0.2, 0.25) is 0 Å². The maximum atomic E-state index is 5.93. The van der Waals surface area contributed by atoms with Crippen molar-refractivity contribution in [3.63, 3.8) is 0 Å². The molecule has 2 aliphatic rings. The van der Waals surface area contributed by atoms with Crippen LogP contribution in [0.1, 0.15) is 88.2 Å². The van der Waals surface area contributed by atoms with E-state index >= 15 is 0 Å². The lowest BCUT2D eigenvalue weighted by molar-refractivity contribution is 0.208. The van der Waals surface area contributed by atoms with Crippen LogP contribution in [0.2, 0.25) is 0 Å². The predicted octanol–water partition coefficient (Wildman–Crippen LogP) is 7.07. The summed E-state index contributed by atoms with van der Waals surface area (Å²) < 4.78 is 11.9. The molecule has 4 nitrogen and oxygen atoms in total. The van der Waals surface area contributed by atoms with Gasteiger partial charge in [-0.05, 0) is 112 Å². The Morgan fingerprint density at radius 3 is 1.39 bits per heavy atom. The molecule has 0 bridgehead atoms. The molecule has 0 atom stereocenters. The number of ether oxygens (including phenoxy) is 2. The van der Waals surface area contributed by atoms with Crippen molar-refractivity contribution in [3.05, 3.63) is 59.7 Å². The monoisotopic (exact) mass is 494 g/mol. The molecule has 2 saturated carbocycles. The molecule has 0 amide bonds. The molecule has 200 valence electrons. The summed E-state index contributed by atoms with van der Waals surface area (Å²) in [5.41, 5.74) is 13.7. The minimum Gasteiger partial charge on any atom is -0.493 e. The first kappa shape index (κ1) is 28.5. The Morgan fingerprint density at radius 2 is 1.00 bits per heavy atom. The summed E-state index contributed by atoms with van der Waals surface area (Å²) in [5, 5.41) is 0. The lowest BCUT2D eigenvalue weighted by Crippen LogP contribution is -2.15. The van der Waals surface area contributed by atoms with Crippen molar-refractivity contribution in [2.45, 2.75) is 89.9 Å². The standard InChI is InChI=1S/2C16H25NO/c2*17-11-5-9-14-8-4-10-16(12-14)18-13-15-6-2-1-3-7-15/h2*4,8,10,12,15H,1-3,5-7,9,11,13,17H2. The molecule has 2 aromatic carbocycles. The minimum atomic E-state index is 0.757. The minimum absolute atomic E-state index is 0.757. The van der Waals surface area contributed by atoms with E-state index in [-0.39, 0.29) is 0 Å². The Kier molecular flexibility index (Phi) is 13.8. The highest BCUT2D eigenvalue weighted by Crippen LogP contribution is 2.26. The lowest BCUT2D eigenvalue weighted by atomic mass is 9.90. The Labute approximate surface area is 220 Å². The van der Waals surface area contributed by atoms with Crippen LogP contribution in [0.15, 0.2) is 48.5 Å². The fourth-order valence-electron chi connectivity index (χ4n) is 5.33. The van der Waals surface area contributed by atoms with E-state index < -0.39 is 0 Å². The quantitative estimate of drug-likeness (QED) is 0.331. The molecule has 2 fully saturated rings. The van der Waals surface area contributed by atoms with Crippen molar-refractivity contribution >= 4 is 0 Å². The van der Waals surface area contributed by atoms with Gasteiger partial charge >= 0.3 is 0 Å². The molecule has 4 heteroatoms. The molecule has 0 unspecified atom stereocenters. The number of benzene rings is 2. The lowest BCUT2D eigenvalue weighted by Gasteiger charge is -2.21. The van der Waals surface area contributed by atoms with Crippen LogP contribution in [0.4, 0.5) is 0 Å². The largest absolute Gasteiger partial charge is 0.493 e. The van der Waals surface area contributed by atoms with Crippen LogP contribution in [0.25, 0.3) is 0 Å². The van der Waals surface area contributed by atoms with E-state index in [1.54, 1.807) is 0 Å². The van der Waals surface area contributed by atoms with Crippen LogP contribution in [0.5, 0.6) is 11.5 Å². The summed E-state index contributed by atoms with van der Waals surface area (Å²) in [6.45, 7) is 3.29. The molecule has 4 N–H and O–H groups in total. The molecule has 2 aromatic rings. The fraction of sp³-hybridized carbons (Fsp3) is 0.625. The zero-order valence-electron chi connectivity index (χ0n) is 22.5. The number of hydrogen-bond acceptors (Lipinski definition) is 4. The maximum Gasteiger partial charge on any atom is 0.119 e. The van der Waals surface area contributed by atoms with E-state index in [0.717, 1.165) is 75.3 Å². The average Bonchev–Trinajstić information content (AvgIpc) is 2.95. The Morgan fingerprint density at radius 1 is 0.583 bits per heavy atom. The topological polar surface area (TPSA) is 70.5 Å². The smallest absolute Gasteiger partial charge is 0.119 e. The van der Waals surface area contributed by atoms with Gasteiger partial charge in [0.25, 0.3) is 0 Å². The van der Waals surface area contributed by atoms with Crippen LogP contribution in [-0.2, 0) is 12.8 Å². The number of hydrogen-bond donors (Lipinski definition) is 2. The molecule has 0 aromatic heterocycles. The van der Waals surface area contributed by atoms with Gasteiger partial charge in [0.05, 0.1) is 13.2 Å². The Bertz CT molecular complexity index is 759. The second kappa shape index (κ2) is 17.4. The first-order valence-electron chi connectivity index (χ1n) is 14.6. The molecule has 0 radical (unpaired) electrons. The fourth-order valence-corrected chi connectivity index (χ4v) is 5.33. The Balaban J connectivity index is 0.000000201. The first-order chi connectivity index (χ1) is 17.8. The van der Waals surface area contributed by atoms with E-state index in [1.165, 1.54) is 75.3 Å². The van der Waals surface area contributed by atoms with Gasteiger partial charge < -0.3 is 20.9 Å². The summed E-state index contributed by atoms with van der Waals surface area (Å²) >= 11 is 0. The van der Waals surface area contributed by atoms with E-state index in [2.05, 4.69) is 48.5 Å². The highest BCUT2D eigenvalue weighted by Gasteiger charge is 2.15. The van der Waals surface area contributed by atoms with Crippen molar-refractivity contribution < 1.29 is 9.47 Å². The highest BCUT2D eigenvalue weighted by molar-refractivity contribution is 5.29. The van der Waals surface area contributed by atoms with Gasteiger partial charge in [0, 0.05) is 0 Å². The SMILES string of the molecule is NCCCc1cccc(OCC2CCCCC2)c1.NCCCc1cccc(OCC2CCCCC2)c1. The van der Waals surface area contributed by atoms with Crippen LogP contribution >= 0.6 is 0 Å². The summed E-state index contributed by atoms with van der Waals surface area (Å²) in [6, 6.07) is 16.9. The number of nitrogens with two attached hydrogens (primary N) is 2. The summed E-state index contributed by atoms with van der Waals surface area (Å²) in [7, 11) is 0. The second-order valence-electron chi connectivity index (χ2n) is 10.7. The van der Waals surface area contributed by atoms with Crippen LogP contribution < -0.4 is 20.9 Å². The average molecular weight is 495 g/mol. The van der Waals surface area contributed by atoms with Gasteiger partial charge in [-0.2, -0.15) is 0 Å². The summed E-state index contributed by atoms with van der Waals surface area (Å²) in [5.74, 6) is 3.59. The van der Waals surface area contributed by atoms with Crippen molar-refractivity contribution in [2.24, 2.45) is 23.3 Å². The molecule has 0 heterocycles. The Hall–Kier alpha value is -2.04. The third-order valence-corrected chi connectivity index (χ3v) is 7.56. The number of rotatable bonds is 12. The molecule has 36 heavy (non-hydrogen) atoms. The molecule has 0 saturated heterocycles. The predicted molar refractivity (Wildman–Crippen MR) is 152 cm³/mol. The van der Waals surface area contributed by atoms with Gasteiger partial charge in [-0.25, -0.2) is 0 Å². The molecule has 0 aliphatic heterocycles. The second-order valence-corrected chi connectivity index (χ2v) is 10.7. The third kappa shape index (κ3) is 11.3. The van der Waals surface area contributed by atoms with E-state index in [1.807, 2.05) is 0 Å². The number of aryl methyl sites for hydroxylation is 2. The van der Waals surface area contributed by atoms with Crippen molar-refractivity contribution in [2.75, 3.05) is 26.3 Å². The first-order valence-corrected chi connectivity index (χ1v) is 14.6. The zero-order valence-corrected chi connectivity index (χ0v) is 22.5. The van der Waals surface area contributed by atoms with Crippen molar-refractivity contribution in [1.29, 1.82) is 0 Å². The van der Waals surface area contributed by atoms with Crippen LogP contribution in [0, 0.1) is 11.8 Å². The maximum absolute atomic E-state index is 5.93. The van der Waals surface area contributed by atoms with Gasteiger partial charge in [-0.15, -0.1) is 0 Å². The van der Waals surface area contributed by atoms with Crippen molar-refractivity contribution in [3.8, 4) is 11.5 Å². The van der Waals surface area contributed by atoms with Gasteiger partial charge in [-0.1, -0.05) is 62.8 Å². The van der Waals surface area contributed by atoms with Gasteiger partial charge in [0.15, 0.2) is 0 Å². The molecule has 2 aliphatic carbocycles. The van der Waals surface area contributed by atoms with Crippen LogP contribution in [-0.4, -0.2) is 26.3 Å². The highest BCUT2D eigenvalue weighted by atomic mass is 16.5. The molecule has 0 spiro atoms. The van der Waals surface area contributed by atoms with E-state index in [9.17, 15) is 0 Å². The third-order valence-electron chi connectivity index (χ3n) is 7.56. The zero-order chi connectivity index (χ0) is 25.3. The van der Waals surface area contributed by atoms with Gasteiger partial charge in [-0.3, -0.25) is 0 Å². The van der Waals surface area contributed by atoms with E-state index in [0.29, 0.717) is 0 Å². The summed E-state index contributed by atoms with van der Waals surface area (Å²) in [6.07, 6.45) is 17.9. The summed E-state index contributed by atoms with van der Waals surface area (Å²) in [4.78, 5) is 0. The van der Waals surface area contributed by atoms with E-state index in [4.69, 9.17) is 20.9 Å². The molecular weight excluding hydrogens is 444 g/mol. The normalized spacial score (nSPS) is 16.7.